The van der Waals surface area contributed by atoms with Gasteiger partial charge in [-0.25, -0.2) is 0 Å². The molecule has 0 aromatic carbocycles. The van der Waals surface area contributed by atoms with Crippen LogP contribution in [-0.2, 0) is 21.1 Å². The third-order valence-corrected chi connectivity index (χ3v) is 2.66. The van der Waals surface area contributed by atoms with E-state index >= 15 is 0 Å². The third-order valence-electron chi connectivity index (χ3n) is 2.66. The predicted octanol–water partition coefficient (Wildman–Crippen LogP) is -2.54. The van der Waals surface area contributed by atoms with Crippen LogP contribution in [-0.4, -0.2) is 30.1 Å². The number of hydrogen-bond donors (Lipinski definition) is 1. The fourth-order valence-corrected chi connectivity index (χ4v) is 1.47. The second-order valence-electron chi connectivity index (χ2n) is 5.73. The lowest BCUT2D eigenvalue weighted by Gasteiger charge is -2.14. The second-order valence-corrected chi connectivity index (χ2v) is 5.73. The average Bonchev–Trinajstić information content (AvgIpc) is 2.48. The summed E-state index contributed by atoms with van der Waals surface area (Å²) in [6.45, 7) is 5.01. The first-order valence-electron chi connectivity index (χ1n) is 6.92. The molecule has 0 fully saturated rings. The van der Waals surface area contributed by atoms with Crippen molar-refractivity contribution in [3.05, 3.63) is 40.2 Å². The molecular formula is C14H20IN3O6. The van der Waals surface area contributed by atoms with Crippen molar-refractivity contribution in [3.63, 3.8) is 0 Å². The SMILES string of the molecule is CC(C)(C)C(=O)OC[n+]1cccc(C(=O)NCCO[N+](=O)[O-])c1.[I-]. The normalized spacial score (nSPS) is 10.3. The number of hydrogen-bond acceptors (Lipinski definition) is 6. The molecule has 0 bridgehead atoms. The first-order chi connectivity index (χ1) is 10.7. The van der Waals surface area contributed by atoms with Crippen LogP contribution in [0.1, 0.15) is 31.1 Å². The number of nitrogens with one attached hydrogen (secondary N) is 1. The van der Waals surface area contributed by atoms with Crippen LogP contribution in [0.25, 0.3) is 0 Å². The molecular weight excluding hydrogens is 433 g/mol. The number of esters is 1. The van der Waals surface area contributed by atoms with E-state index in [4.69, 9.17) is 4.74 Å². The molecule has 9 nitrogen and oxygen atoms in total. The van der Waals surface area contributed by atoms with Gasteiger partial charge >= 0.3 is 5.97 Å². The van der Waals surface area contributed by atoms with Crippen molar-refractivity contribution in [3.8, 4) is 0 Å². The number of nitrogens with zero attached hydrogens (tertiary/aromatic N) is 2. The Kier molecular flexibility index (Phi) is 9.18. The minimum atomic E-state index is -0.924. The summed E-state index contributed by atoms with van der Waals surface area (Å²) >= 11 is 0. The van der Waals surface area contributed by atoms with Gasteiger partial charge in [-0.15, -0.1) is 10.1 Å². The Morgan fingerprint density at radius 1 is 1.38 bits per heavy atom. The summed E-state index contributed by atoms with van der Waals surface area (Å²) in [4.78, 5) is 37.7. The molecule has 134 valence electrons. The Balaban J connectivity index is 0.00000529. The molecule has 1 rings (SSSR count). The van der Waals surface area contributed by atoms with Crippen LogP contribution in [0.5, 0.6) is 0 Å². The topological polar surface area (TPSA) is 112 Å². The van der Waals surface area contributed by atoms with Crippen LogP contribution in [0.3, 0.4) is 0 Å². The van der Waals surface area contributed by atoms with E-state index in [1.54, 1.807) is 43.7 Å². The average molecular weight is 453 g/mol. The number of pyridine rings is 1. The molecule has 0 aliphatic rings. The number of carbonyl (C=O) groups is 2. The summed E-state index contributed by atoms with van der Waals surface area (Å²) in [6, 6.07) is 3.21. The Labute approximate surface area is 156 Å². The smallest absolute Gasteiger partial charge is 0.316 e. The number of carbonyl (C=O) groups excluding carboxylic acids is 2. The highest BCUT2D eigenvalue weighted by atomic mass is 127. The highest BCUT2D eigenvalue weighted by Gasteiger charge is 2.24. The lowest BCUT2D eigenvalue weighted by Crippen LogP contribution is -3.00. The first kappa shape index (κ1) is 22.0. The van der Waals surface area contributed by atoms with Gasteiger partial charge in [-0.2, -0.15) is 4.57 Å². The van der Waals surface area contributed by atoms with Gasteiger partial charge < -0.3 is 38.9 Å². The van der Waals surface area contributed by atoms with E-state index in [9.17, 15) is 19.7 Å². The Morgan fingerprint density at radius 3 is 2.62 bits per heavy atom. The fourth-order valence-electron chi connectivity index (χ4n) is 1.47. The van der Waals surface area contributed by atoms with Crippen molar-refractivity contribution in [2.24, 2.45) is 5.41 Å². The molecule has 24 heavy (non-hydrogen) atoms. The summed E-state index contributed by atoms with van der Waals surface area (Å²) in [5.74, 6) is -0.759. The molecule has 1 aromatic heterocycles. The molecule has 0 spiro atoms. The molecule has 10 heteroatoms. The van der Waals surface area contributed by atoms with E-state index in [0.717, 1.165) is 0 Å². The largest absolute Gasteiger partial charge is 1.00 e. The fraction of sp³-hybridized carbons (Fsp3) is 0.500. The molecule has 1 amide bonds. The molecule has 0 saturated carbocycles. The maximum atomic E-state index is 11.9. The van der Waals surface area contributed by atoms with Crippen molar-refractivity contribution in [2.45, 2.75) is 27.5 Å². The maximum absolute atomic E-state index is 11.9. The molecule has 0 radical (unpaired) electrons. The number of amides is 1. The number of halogens is 1. The third kappa shape index (κ3) is 8.04. The zero-order valence-corrected chi connectivity index (χ0v) is 15.8. The lowest BCUT2D eigenvalue weighted by atomic mass is 9.98. The monoisotopic (exact) mass is 453 g/mol. The van der Waals surface area contributed by atoms with Crippen LogP contribution < -0.4 is 33.9 Å². The van der Waals surface area contributed by atoms with Gasteiger partial charge in [0.25, 0.3) is 17.7 Å². The molecule has 0 aliphatic carbocycles. The van der Waals surface area contributed by atoms with Crippen LogP contribution in [0.15, 0.2) is 24.5 Å². The van der Waals surface area contributed by atoms with Gasteiger partial charge in [-0.3, -0.25) is 9.59 Å². The van der Waals surface area contributed by atoms with E-state index < -0.39 is 16.4 Å². The van der Waals surface area contributed by atoms with E-state index in [-0.39, 0.29) is 49.8 Å². The Hall–Kier alpha value is -1.98. The van der Waals surface area contributed by atoms with Gasteiger partial charge in [-0.05, 0) is 26.8 Å². The molecule has 1 aromatic rings. The van der Waals surface area contributed by atoms with Crippen LogP contribution in [0, 0.1) is 15.5 Å². The lowest BCUT2D eigenvalue weighted by molar-refractivity contribution is -0.757. The Morgan fingerprint density at radius 2 is 2.04 bits per heavy atom. The van der Waals surface area contributed by atoms with Crippen LogP contribution in [0.2, 0.25) is 0 Å². The summed E-state index contributed by atoms with van der Waals surface area (Å²) in [7, 11) is 0. The summed E-state index contributed by atoms with van der Waals surface area (Å²) in [5.41, 5.74) is -0.271. The van der Waals surface area contributed by atoms with Crippen molar-refractivity contribution < 1.29 is 52.8 Å². The second kappa shape index (κ2) is 10.0. The molecule has 1 heterocycles. The standard InChI is InChI=1S/C14H19N3O6.HI/c1-14(2,3)13(19)22-10-16-7-4-5-11(9-16)12(18)15-6-8-23-17(20)21;/h4-5,7,9H,6,8,10H2,1-3H3;1H. The van der Waals surface area contributed by atoms with E-state index in [1.165, 1.54) is 6.20 Å². The number of rotatable bonds is 7. The highest BCUT2D eigenvalue weighted by Crippen LogP contribution is 2.14. The Bertz CT molecular complexity index is 588. The minimum Gasteiger partial charge on any atom is -1.00 e. The van der Waals surface area contributed by atoms with E-state index in [1.807, 2.05) is 0 Å². The zero-order chi connectivity index (χ0) is 17.5. The van der Waals surface area contributed by atoms with Gasteiger partial charge in [-0.1, -0.05) is 0 Å². The maximum Gasteiger partial charge on any atom is 0.316 e. The minimum absolute atomic E-state index is 0. The van der Waals surface area contributed by atoms with Crippen molar-refractivity contribution in [1.29, 1.82) is 0 Å². The number of aromatic nitrogens is 1. The van der Waals surface area contributed by atoms with Crippen molar-refractivity contribution in [2.75, 3.05) is 13.2 Å². The van der Waals surface area contributed by atoms with Crippen molar-refractivity contribution >= 4 is 11.9 Å². The molecule has 0 saturated heterocycles. The van der Waals surface area contributed by atoms with E-state index in [0.29, 0.717) is 5.56 Å². The van der Waals surface area contributed by atoms with Gasteiger partial charge in [0.15, 0.2) is 12.4 Å². The van der Waals surface area contributed by atoms with Crippen LogP contribution >= 0.6 is 0 Å². The molecule has 0 unspecified atom stereocenters. The molecule has 0 aliphatic heterocycles. The van der Waals surface area contributed by atoms with E-state index in [2.05, 4.69) is 10.2 Å². The van der Waals surface area contributed by atoms with Crippen LogP contribution in [0.4, 0.5) is 0 Å². The highest BCUT2D eigenvalue weighted by molar-refractivity contribution is 5.93. The first-order valence-corrected chi connectivity index (χ1v) is 6.92. The van der Waals surface area contributed by atoms with Gasteiger partial charge in [0.05, 0.1) is 5.41 Å². The quantitative estimate of drug-likeness (QED) is 0.122. The summed E-state index contributed by atoms with van der Waals surface area (Å²) < 4.78 is 6.70. The summed E-state index contributed by atoms with van der Waals surface area (Å²) in [5, 5.41) is 11.5. The van der Waals surface area contributed by atoms with Gasteiger partial charge in [0.1, 0.15) is 12.2 Å². The van der Waals surface area contributed by atoms with Crippen molar-refractivity contribution in [1.82, 2.24) is 5.32 Å². The predicted molar refractivity (Wildman–Crippen MR) is 77.5 cm³/mol. The van der Waals surface area contributed by atoms with Gasteiger partial charge in [0, 0.05) is 12.6 Å². The molecule has 1 N–H and O–H groups in total. The number of ether oxygens (including phenoxy) is 1. The zero-order valence-electron chi connectivity index (χ0n) is 13.7. The molecule has 0 atom stereocenters. The van der Waals surface area contributed by atoms with Gasteiger partial charge in [0.2, 0.25) is 0 Å². The summed E-state index contributed by atoms with van der Waals surface area (Å²) in [6.07, 6.45) is 3.17.